The van der Waals surface area contributed by atoms with E-state index in [9.17, 15) is 4.79 Å². The number of aromatic nitrogens is 1. The van der Waals surface area contributed by atoms with Crippen LogP contribution in [0.25, 0.3) is 21.7 Å². The van der Waals surface area contributed by atoms with Gasteiger partial charge in [-0.3, -0.25) is 4.79 Å². The molecule has 0 amide bonds. The van der Waals surface area contributed by atoms with Gasteiger partial charge in [0.25, 0.3) is 0 Å². The van der Waals surface area contributed by atoms with Crippen molar-refractivity contribution in [1.29, 1.82) is 0 Å². The summed E-state index contributed by atoms with van der Waals surface area (Å²) in [6.45, 7) is 0. The first-order valence-corrected chi connectivity index (χ1v) is 12.0. The molecule has 1 heterocycles. The Balaban J connectivity index is 2.02. The lowest BCUT2D eigenvalue weighted by molar-refractivity contribution is -0.133. The quantitative estimate of drug-likeness (QED) is 0.467. The number of aliphatic carboxylic acids is 1. The Kier molecular flexibility index (Phi) is 6.69. The first-order chi connectivity index (χ1) is 12.6. The smallest absolute Gasteiger partial charge is 0.313 e. The molecule has 0 unspecified atom stereocenters. The maximum absolute atomic E-state index is 10.9. The van der Waals surface area contributed by atoms with Crippen LogP contribution in [0.15, 0.2) is 62.7 Å². The Morgan fingerprint density at radius 2 is 1.50 bits per heavy atom. The number of thioether (sulfide) groups is 3. The summed E-state index contributed by atoms with van der Waals surface area (Å²) in [5.74, 6) is -0.814. The van der Waals surface area contributed by atoms with E-state index in [1.165, 1.54) is 21.6 Å². The van der Waals surface area contributed by atoms with Gasteiger partial charge in [-0.25, -0.2) is 4.98 Å². The van der Waals surface area contributed by atoms with Gasteiger partial charge in [0, 0.05) is 15.4 Å². The average Bonchev–Trinajstić information content (AvgIpc) is 3.11. The van der Waals surface area contributed by atoms with Gasteiger partial charge >= 0.3 is 5.97 Å². The van der Waals surface area contributed by atoms with E-state index in [4.69, 9.17) is 10.1 Å². The number of carboxylic acids is 1. The highest BCUT2D eigenvalue weighted by Gasteiger charge is 2.16. The highest BCUT2D eigenvalue weighted by atomic mass is 32.2. The SMILES string of the molecule is CSc1ccc(-c2nc(SCC(=O)O)sc2-c2ccc(SC)cc2)cc1. The lowest BCUT2D eigenvalue weighted by Gasteiger charge is -2.05. The Morgan fingerprint density at radius 3 is 2.00 bits per heavy atom. The van der Waals surface area contributed by atoms with Crippen molar-refractivity contribution >= 4 is 52.6 Å². The van der Waals surface area contributed by atoms with Crippen molar-refractivity contribution in [2.24, 2.45) is 0 Å². The largest absolute Gasteiger partial charge is 0.481 e. The van der Waals surface area contributed by atoms with Crippen molar-refractivity contribution in [3.8, 4) is 21.7 Å². The van der Waals surface area contributed by atoms with Crippen LogP contribution in [0.4, 0.5) is 0 Å². The van der Waals surface area contributed by atoms with E-state index in [2.05, 4.69) is 61.0 Å². The molecule has 0 saturated heterocycles. The fourth-order valence-corrected chi connectivity index (χ4v) is 5.08. The molecule has 0 atom stereocenters. The molecule has 134 valence electrons. The monoisotopic (exact) mass is 419 g/mol. The number of hydrogen-bond donors (Lipinski definition) is 1. The summed E-state index contributed by atoms with van der Waals surface area (Å²) in [5, 5.41) is 8.95. The molecule has 0 fully saturated rings. The van der Waals surface area contributed by atoms with E-state index in [0.29, 0.717) is 0 Å². The van der Waals surface area contributed by atoms with Gasteiger partial charge in [0.2, 0.25) is 0 Å². The summed E-state index contributed by atoms with van der Waals surface area (Å²) < 4.78 is 0.778. The summed E-state index contributed by atoms with van der Waals surface area (Å²) in [6, 6.07) is 16.7. The summed E-state index contributed by atoms with van der Waals surface area (Å²) in [6.07, 6.45) is 4.11. The lowest BCUT2D eigenvalue weighted by Crippen LogP contribution is -1.96. The number of benzene rings is 2. The summed E-state index contributed by atoms with van der Waals surface area (Å²) in [5.41, 5.74) is 3.06. The van der Waals surface area contributed by atoms with Crippen molar-refractivity contribution in [1.82, 2.24) is 4.98 Å². The maximum Gasteiger partial charge on any atom is 0.313 e. The molecule has 3 rings (SSSR count). The first-order valence-electron chi connectivity index (χ1n) is 7.75. The topological polar surface area (TPSA) is 50.2 Å². The van der Waals surface area contributed by atoms with E-state index >= 15 is 0 Å². The van der Waals surface area contributed by atoms with Crippen molar-refractivity contribution in [3.63, 3.8) is 0 Å². The van der Waals surface area contributed by atoms with E-state index in [1.54, 1.807) is 34.9 Å². The number of thiazole rings is 1. The predicted octanol–water partition coefficient (Wildman–Crippen LogP) is 6.10. The summed E-state index contributed by atoms with van der Waals surface area (Å²) in [7, 11) is 0. The van der Waals surface area contributed by atoms with Crippen LogP contribution in [0.1, 0.15) is 0 Å². The molecule has 26 heavy (non-hydrogen) atoms. The number of rotatable bonds is 7. The van der Waals surface area contributed by atoms with Crippen LogP contribution in [-0.4, -0.2) is 34.3 Å². The Labute approximate surface area is 169 Å². The van der Waals surface area contributed by atoms with Crippen LogP contribution in [0, 0.1) is 0 Å². The predicted molar refractivity (Wildman–Crippen MR) is 115 cm³/mol. The van der Waals surface area contributed by atoms with Gasteiger partial charge < -0.3 is 5.11 Å². The average molecular weight is 420 g/mol. The molecule has 0 aliphatic rings. The minimum absolute atomic E-state index is 0.0171. The third kappa shape index (κ3) is 4.65. The van der Waals surface area contributed by atoms with Crippen molar-refractivity contribution in [3.05, 3.63) is 48.5 Å². The molecular formula is C19H17NO2S4. The molecule has 0 bridgehead atoms. The highest BCUT2D eigenvalue weighted by molar-refractivity contribution is 8.01. The fourth-order valence-electron chi connectivity index (χ4n) is 2.37. The van der Waals surface area contributed by atoms with Crippen molar-refractivity contribution in [2.45, 2.75) is 14.1 Å². The fraction of sp³-hybridized carbons (Fsp3) is 0.158. The Hall–Kier alpha value is -1.41. The molecular weight excluding hydrogens is 402 g/mol. The van der Waals surface area contributed by atoms with E-state index in [0.717, 1.165) is 26.0 Å². The minimum atomic E-state index is -0.832. The molecule has 3 nitrogen and oxygen atoms in total. The highest BCUT2D eigenvalue weighted by Crippen LogP contribution is 2.41. The van der Waals surface area contributed by atoms with Gasteiger partial charge in [0.15, 0.2) is 4.34 Å². The third-order valence-electron chi connectivity index (χ3n) is 3.64. The van der Waals surface area contributed by atoms with Gasteiger partial charge in [-0.05, 0) is 42.3 Å². The Morgan fingerprint density at radius 1 is 0.962 bits per heavy atom. The second-order valence-corrected chi connectivity index (χ2v) is 9.28. The van der Waals surface area contributed by atoms with E-state index < -0.39 is 5.97 Å². The zero-order valence-electron chi connectivity index (χ0n) is 14.3. The van der Waals surface area contributed by atoms with Gasteiger partial charge in [0.05, 0.1) is 16.3 Å². The van der Waals surface area contributed by atoms with Crippen LogP contribution in [-0.2, 0) is 4.79 Å². The Bertz CT molecular complexity index is 824. The van der Waals surface area contributed by atoms with Crippen LogP contribution in [0.3, 0.4) is 0 Å². The van der Waals surface area contributed by atoms with Gasteiger partial charge in [-0.1, -0.05) is 36.0 Å². The van der Waals surface area contributed by atoms with Gasteiger partial charge in [0.1, 0.15) is 0 Å². The second-order valence-electron chi connectivity index (χ2n) is 5.30. The van der Waals surface area contributed by atoms with Crippen LogP contribution in [0.5, 0.6) is 0 Å². The lowest BCUT2D eigenvalue weighted by atomic mass is 10.1. The van der Waals surface area contributed by atoms with Crippen molar-refractivity contribution in [2.75, 3.05) is 18.3 Å². The molecule has 0 saturated carbocycles. The number of hydrogen-bond acceptors (Lipinski definition) is 6. The molecule has 7 heteroatoms. The number of nitrogens with zero attached hydrogens (tertiary/aromatic N) is 1. The van der Waals surface area contributed by atoms with Gasteiger partial charge in [-0.15, -0.1) is 34.9 Å². The van der Waals surface area contributed by atoms with E-state index in [1.807, 2.05) is 0 Å². The molecule has 0 aliphatic heterocycles. The normalized spacial score (nSPS) is 10.8. The van der Waals surface area contributed by atoms with Crippen LogP contribution >= 0.6 is 46.6 Å². The third-order valence-corrected chi connectivity index (χ3v) is 7.36. The number of carboxylic acid groups (broad SMARTS) is 1. The summed E-state index contributed by atoms with van der Waals surface area (Å²) >= 11 is 6.23. The molecule has 1 aromatic heterocycles. The van der Waals surface area contributed by atoms with E-state index in [-0.39, 0.29) is 5.75 Å². The zero-order valence-corrected chi connectivity index (χ0v) is 17.5. The molecule has 0 radical (unpaired) electrons. The van der Waals surface area contributed by atoms with Gasteiger partial charge in [-0.2, -0.15) is 0 Å². The second kappa shape index (κ2) is 8.99. The maximum atomic E-state index is 10.9. The molecule has 0 aliphatic carbocycles. The van der Waals surface area contributed by atoms with Crippen molar-refractivity contribution < 1.29 is 9.90 Å². The molecule has 1 N–H and O–H groups in total. The molecule has 3 aromatic rings. The minimum Gasteiger partial charge on any atom is -0.481 e. The molecule has 0 spiro atoms. The number of carbonyl (C=O) groups is 1. The summed E-state index contributed by atoms with van der Waals surface area (Å²) in [4.78, 5) is 19.1. The zero-order chi connectivity index (χ0) is 18.5. The van der Waals surface area contributed by atoms with Crippen LogP contribution in [0.2, 0.25) is 0 Å². The van der Waals surface area contributed by atoms with Crippen LogP contribution < -0.4 is 0 Å². The molecule has 2 aromatic carbocycles. The first kappa shape index (κ1) is 19.4. The standard InChI is InChI=1S/C19H17NO2S4/c1-23-14-7-3-12(4-8-14)17-18(13-5-9-15(24-2)10-6-13)26-19(20-17)25-11-16(21)22/h3-10H,11H2,1-2H3,(H,21,22).